The molecule has 2 aromatic rings. The van der Waals surface area contributed by atoms with Crippen molar-refractivity contribution in [1.82, 2.24) is 4.98 Å². The number of hydrogen-bond donors (Lipinski definition) is 2. The maximum atomic E-state index is 12.5. The highest BCUT2D eigenvalue weighted by Gasteiger charge is 2.22. The summed E-state index contributed by atoms with van der Waals surface area (Å²) in [5.41, 5.74) is 3.22. The third-order valence-electron chi connectivity index (χ3n) is 4.73. The minimum absolute atomic E-state index is 0.114. The van der Waals surface area contributed by atoms with Crippen LogP contribution in [0.4, 0.5) is 11.5 Å². The van der Waals surface area contributed by atoms with Crippen molar-refractivity contribution in [3.05, 3.63) is 53.2 Å². The number of carbonyl (C=O) groups excluding carboxylic acids is 1. The number of pyridine rings is 1. The number of aryl methyl sites for hydroxylation is 2. The van der Waals surface area contributed by atoms with E-state index in [2.05, 4.69) is 15.0 Å². The van der Waals surface area contributed by atoms with E-state index in [9.17, 15) is 13.2 Å². The predicted octanol–water partition coefficient (Wildman–Crippen LogP) is 3.26. The van der Waals surface area contributed by atoms with Crippen molar-refractivity contribution in [1.29, 1.82) is 0 Å². The number of sulfonamides is 1. The van der Waals surface area contributed by atoms with Crippen molar-refractivity contribution in [2.75, 3.05) is 22.4 Å². The molecule has 1 aliphatic heterocycles. The Morgan fingerprint density at radius 3 is 2.71 bits per heavy atom. The van der Waals surface area contributed by atoms with Crippen molar-refractivity contribution in [2.45, 2.75) is 39.2 Å². The first kappa shape index (κ1) is 20.3. The minimum atomic E-state index is -3.62. The highest BCUT2D eigenvalue weighted by molar-refractivity contribution is 7.92. The Morgan fingerprint density at radius 2 is 2.00 bits per heavy atom. The summed E-state index contributed by atoms with van der Waals surface area (Å²) < 4.78 is 32.7. The summed E-state index contributed by atoms with van der Waals surface area (Å²) in [6, 6.07) is 8.62. The van der Waals surface area contributed by atoms with Crippen molar-refractivity contribution in [3.63, 3.8) is 0 Å². The molecule has 0 spiro atoms. The standard InChI is InChI=1S/C20H25N3O4S/c1-14-6-7-17(11-15(14)2)22-20(24)16-8-9-21-19(12-16)23-28(25,26)13-18-5-3-4-10-27-18/h6-9,11-12,18H,3-5,10,13H2,1-2H3,(H,21,23)(H,22,24). The summed E-state index contributed by atoms with van der Waals surface area (Å²) in [5.74, 6) is -0.335. The molecule has 1 aromatic heterocycles. The maximum absolute atomic E-state index is 12.5. The zero-order valence-corrected chi connectivity index (χ0v) is 16.9. The molecule has 0 saturated carbocycles. The van der Waals surface area contributed by atoms with Gasteiger partial charge in [0.1, 0.15) is 5.82 Å². The van der Waals surface area contributed by atoms with E-state index in [0.29, 0.717) is 17.9 Å². The van der Waals surface area contributed by atoms with Gasteiger partial charge in [0.25, 0.3) is 5.91 Å². The van der Waals surface area contributed by atoms with Crippen LogP contribution in [0.2, 0.25) is 0 Å². The second-order valence-electron chi connectivity index (χ2n) is 7.05. The van der Waals surface area contributed by atoms with Crippen LogP contribution in [0.25, 0.3) is 0 Å². The zero-order chi connectivity index (χ0) is 20.1. The van der Waals surface area contributed by atoms with Crippen LogP contribution in [-0.2, 0) is 14.8 Å². The molecule has 7 nitrogen and oxygen atoms in total. The average molecular weight is 404 g/mol. The fourth-order valence-electron chi connectivity index (χ4n) is 3.03. The molecule has 1 saturated heterocycles. The van der Waals surface area contributed by atoms with Gasteiger partial charge in [-0.25, -0.2) is 13.4 Å². The van der Waals surface area contributed by atoms with Crippen LogP contribution >= 0.6 is 0 Å². The molecule has 2 heterocycles. The monoisotopic (exact) mass is 403 g/mol. The Bertz CT molecular complexity index is 954. The lowest BCUT2D eigenvalue weighted by Crippen LogP contribution is -2.31. The molecule has 8 heteroatoms. The number of nitrogens with one attached hydrogen (secondary N) is 2. The fourth-order valence-corrected chi connectivity index (χ4v) is 4.30. The topological polar surface area (TPSA) is 97.4 Å². The van der Waals surface area contributed by atoms with Crippen molar-refractivity contribution >= 4 is 27.4 Å². The van der Waals surface area contributed by atoms with Gasteiger partial charge in [0.15, 0.2) is 0 Å². The number of ether oxygens (including phenoxy) is 1. The Balaban J connectivity index is 1.67. The number of benzene rings is 1. The van der Waals surface area contributed by atoms with Crippen LogP contribution in [0.5, 0.6) is 0 Å². The van der Waals surface area contributed by atoms with Gasteiger partial charge in [-0.2, -0.15) is 0 Å². The van der Waals surface area contributed by atoms with Gasteiger partial charge in [-0.1, -0.05) is 6.07 Å². The molecule has 1 atom stereocenters. The number of aromatic nitrogens is 1. The number of rotatable bonds is 6. The van der Waals surface area contributed by atoms with Gasteiger partial charge in [0.05, 0.1) is 11.9 Å². The zero-order valence-electron chi connectivity index (χ0n) is 16.1. The van der Waals surface area contributed by atoms with Gasteiger partial charge in [-0.05, 0) is 68.5 Å². The maximum Gasteiger partial charge on any atom is 0.255 e. The summed E-state index contributed by atoms with van der Waals surface area (Å²) in [6.45, 7) is 4.56. The number of amides is 1. The summed E-state index contributed by atoms with van der Waals surface area (Å²) in [6.07, 6.45) is 3.76. The predicted molar refractivity (Wildman–Crippen MR) is 109 cm³/mol. The van der Waals surface area contributed by atoms with Gasteiger partial charge in [-0.15, -0.1) is 0 Å². The molecule has 1 aromatic carbocycles. The molecular weight excluding hydrogens is 378 g/mol. The summed E-state index contributed by atoms with van der Waals surface area (Å²) in [7, 11) is -3.62. The molecule has 0 radical (unpaired) electrons. The van der Waals surface area contributed by atoms with Gasteiger partial charge in [-0.3, -0.25) is 9.52 Å². The number of nitrogens with zero attached hydrogens (tertiary/aromatic N) is 1. The van der Waals surface area contributed by atoms with Crippen LogP contribution < -0.4 is 10.0 Å². The summed E-state index contributed by atoms with van der Waals surface area (Å²) in [5, 5.41) is 2.82. The fraction of sp³-hybridized carbons (Fsp3) is 0.400. The van der Waals surface area contributed by atoms with Crippen LogP contribution in [-0.4, -0.2) is 37.8 Å². The molecule has 1 fully saturated rings. The van der Waals surface area contributed by atoms with E-state index < -0.39 is 10.0 Å². The third kappa shape index (κ3) is 5.53. The Morgan fingerprint density at radius 1 is 1.18 bits per heavy atom. The first-order valence-electron chi connectivity index (χ1n) is 9.29. The number of hydrogen-bond acceptors (Lipinski definition) is 5. The van der Waals surface area contributed by atoms with E-state index in [-0.39, 0.29) is 23.6 Å². The lowest BCUT2D eigenvalue weighted by Gasteiger charge is -2.22. The lowest BCUT2D eigenvalue weighted by molar-refractivity contribution is 0.0306. The van der Waals surface area contributed by atoms with Gasteiger partial charge in [0.2, 0.25) is 10.0 Å². The van der Waals surface area contributed by atoms with Gasteiger partial charge in [0, 0.05) is 24.1 Å². The molecule has 1 aliphatic rings. The average Bonchev–Trinajstić information content (AvgIpc) is 2.65. The van der Waals surface area contributed by atoms with Crippen molar-refractivity contribution < 1.29 is 17.9 Å². The van der Waals surface area contributed by atoms with E-state index in [1.54, 1.807) is 6.07 Å². The number of carbonyl (C=O) groups is 1. The summed E-state index contributed by atoms with van der Waals surface area (Å²) in [4.78, 5) is 16.5. The van der Waals surface area contributed by atoms with E-state index in [1.807, 2.05) is 32.0 Å². The van der Waals surface area contributed by atoms with Crippen LogP contribution in [0.1, 0.15) is 40.7 Å². The molecule has 1 amide bonds. The van der Waals surface area contributed by atoms with Crippen molar-refractivity contribution in [3.8, 4) is 0 Å². The molecule has 0 bridgehead atoms. The SMILES string of the molecule is Cc1ccc(NC(=O)c2ccnc(NS(=O)(=O)CC3CCCCO3)c2)cc1C. The third-order valence-corrected chi connectivity index (χ3v) is 6.06. The van der Waals surface area contributed by atoms with E-state index in [4.69, 9.17) is 4.74 Å². The largest absolute Gasteiger partial charge is 0.377 e. The first-order chi connectivity index (χ1) is 13.3. The second-order valence-corrected chi connectivity index (χ2v) is 8.82. The normalized spacial score (nSPS) is 17.1. The van der Waals surface area contributed by atoms with Gasteiger partial charge < -0.3 is 10.1 Å². The van der Waals surface area contributed by atoms with E-state index >= 15 is 0 Å². The second kappa shape index (κ2) is 8.70. The first-order valence-corrected chi connectivity index (χ1v) is 10.9. The molecular formula is C20H25N3O4S. The molecule has 0 aliphatic carbocycles. The molecule has 3 rings (SSSR count). The van der Waals surface area contributed by atoms with E-state index in [1.165, 1.54) is 12.3 Å². The Kier molecular flexibility index (Phi) is 6.31. The van der Waals surface area contributed by atoms with Gasteiger partial charge >= 0.3 is 0 Å². The minimum Gasteiger partial charge on any atom is -0.377 e. The lowest BCUT2D eigenvalue weighted by atomic mass is 10.1. The Hall–Kier alpha value is -2.45. The molecule has 1 unspecified atom stereocenters. The van der Waals surface area contributed by atoms with Crippen LogP contribution in [0.15, 0.2) is 36.5 Å². The summed E-state index contributed by atoms with van der Waals surface area (Å²) >= 11 is 0. The molecule has 150 valence electrons. The highest BCUT2D eigenvalue weighted by Crippen LogP contribution is 2.18. The highest BCUT2D eigenvalue weighted by atomic mass is 32.2. The molecule has 28 heavy (non-hydrogen) atoms. The van der Waals surface area contributed by atoms with E-state index in [0.717, 1.165) is 30.4 Å². The Labute approximate surface area is 165 Å². The molecule has 2 N–H and O–H groups in total. The van der Waals surface area contributed by atoms with Crippen LogP contribution in [0, 0.1) is 13.8 Å². The number of anilines is 2. The van der Waals surface area contributed by atoms with Crippen molar-refractivity contribution in [2.24, 2.45) is 0 Å². The quantitative estimate of drug-likeness (QED) is 0.772. The van der Waals surface area contributed by atoms with Crippen LogP contribution in [0.3, 0.4) is 0 Å². The smallest absolute Gasteiger partial charge is 0.255 e.